The minimum atomic E-state index is -1.01. The number of hydrogen-bond donors (Lipinski definition) is 0. The number of likely N-dealkylation sites (N-methyl/N-ethyl adjacent to an activating group) is 1. The van der Waals surface area contributed by atoms with Gasteiger partial charge in [0, 0.05) is 70.5 Å². The number of aromatic nitrogens is 3. The van der Waals surface area contributed by atoms with Crippen LogP contribution in [0.5, 0.6) is 6.01 Å². The van der Waals surface area contributed by atoms with E-state index in [-0.39, 0.29) is 13.0 Å². The topological polar surface area (TPSA) is 105 Å². The van der Waals surface area contributed by atoms with Crippen LogP contribution < -0.4 is 19.4 Å². The number of pyridine rings is 1. The summed E-state index contributed by atoms with van der Waals surface area (Å²) in [4.78, 5) is 37.9. The quantitative estimate of drug-likeness (QED) is 0.439. The molecule has 0 aliphatic carbocycles. The lowest BCUT2D eigenvalue weighted by molar-refractivity contribution is -0.131. The molecule has 2 aromatic heterocycles. The van der Waals surface area contributed by atoms with Crippen LogP contribution >= 0.6 is 0 Å². The van der Waals surface area contributed by atoms with Gasteiger partial charge in [0.1, 0.15) is 12.4 Å². The molecule has 1 amide bonds. The van der Waals surface area contributed by atoms with Crippen molar-refractivity contribution in [3.63, 3.8) is 0 Å². The molecule has 0 bridgehead atoms. The van der Waals surface area contributed by atoms with Crippen LogP contribution in [0.25, 0.3) is 0 Å². The van der Waals surface area contributed by atoms with Crippen molar-refractivity contribution in [2.24, 2.45) is 0 Å². The molecular weight excluding hydrogens is 561 g/mol. The molecule has 11 nitrogen and oxygen atoms in total. The van der Waals surface area contributed by atoms with E-state index < -0.39 is 17.8 Å². The van der Waals surface area contributed by atoms with E-state index in [4.69, 9.17) is 19.7 Å². The number of halogens is 1. The molecule has 0 spiro atoms. The molecule has 6 rings (SSSR count). The average molecular weight is 604 g/mol. The van der Waals surface area contributed by atoms with E-state index in [1.807, 2.05) is 6.20 Å². The van der Waals surface area contributed by atoms with Crippen molar-refractivity contribution in [1.29, 1.82) is 5.26 Å². The summed E-state index contributed by atoms with van der Waals surface area (Å²) < 4.78 is 20.1. The maximum absolute atomic E-state index is 13.8. The number of aryl methyl sites for hydroxylation is 1. The molecule has 2 saturated heterocycles. The van der Waals surface area contributed by atoms with Crippen molar-refractivity contribution in [1.82, 2.24) is 24.8 Å². The maximum Gasteiger partial charge on any atom is 0.318 e. The van der Waals surface area contributed by atoms with Gasteiger partial charge in [0.05, 0.1) is 29.9 Å². The molecular formula is C32H42FN9O2. The minimum Gasteiger partial charge on any atom is -0.462 e. The van der Waals surface area contributed by atoms with Gasteiger partial charge in [-0.05, 0) is 57.3 Å². The summed E-state index contributed by atoms with van der Waals surface area (Å²) in [6.45, 7) is 8.40. The number of nitrogens with zero attached hydrogens (tertiary/aromatic N) is 9. The zero-order valence-electron chi connectivity index (χ0n) is 25.8. The van der Waals surface area contributed by atoms with Crippen LogP contribution in [-0.4, -0.2) is 109 Å². The molecule has 12 heteroatoms. The summed E-state index contributed by atoms with van der Waals surface area (Å²) in [6, 6.07) is 4.51. The molecule has 2 aromatic rings. The standard InChI is InChI=1S/C32H42FN9O2/c1-22(33)31(43)42-19-18-41(20-24(42)8-12-34)29-26-10-16-40(30-28-23(9-13-35-30)6-4-15-39(28)3)17-11-27(26)36-32(37-29)44-21-25-7-5-14-38(25)2/h9,13,24-25H,1,4-8,10-11,14-21H2,2-3H3/t24-,25-/m0/s1. The number of piperazine rings is 1. The molecule has 6 heterocycles. The Bertz CT molecular complexity index is 1450. The first-order valence-corrected chi connectivity index (χ1v) is 15.8. The van der Waals surface area contributed by atoms with E-state index in [2.05, 4.69) is 52.4 Å². The number of ether oxygens (including phenoxy) is 1. The van der Waals surface area contributed by atoms with Gasteiger partial charge in [-0.15, -0.1) is 0 Å². The van der Waals surface area contributed by atoms with Crippen LogP contribution in [0, 0.1) is 11.3 Å². The fourth-order valence-corrected chi connectivity index (χ4v) is 7.16. The molecule has 2 atom stereocenters. The predicted octanol–water partition coefficient (Wildman–Crippen LogP) is 2.75. The van der Waals surface area contributed by atoms with Gasteiger partial charge in [0.15, 0.2) is 11.6 Å². The van der Waals surface area contributed by atoms with Crippen molar-refractivity contribution in [3.8, 4) is 12.1 Å². The fourth-order valence-electron chi connectivity index (χ4n) is 7.16. The molecule has 234 valence electrons. The highest BCUT2D eigenvalue weighted by molar-refractivity contribution is 5.91. The number of rotatable bonds is 7. The van der Waals surface area contributed by atoms with E-state index >= 15 is 0 Å². The van der Waals surface area contributed by atoms with Crippen LogP contribution in [0.1, 0.15) is 42.5 Å². The normalized spacial score (nSPS) is 22.2. The second-order valence-corrected chi connectivity index (χ2v) is 12.4. The molecule has 0 N–H and O–H groups in total. The monoisotopic (exact) mass is 603 g/mol. The third-order valence-corrected chi connectivity index (χ3v) is 9.59. The van der Waals surface area contributed by atoms with Gasteiger partial charge >= 0.3 is 6.01 Å². The van der Waals surface area contributed by atoms with E-state index in [9.17, 15) is 14.4 Å². The van der Waals surface area contributed by atoms with Crippen molar-refractivity contribution >= 4 is 23.2 Å². The van der Waals surface area contributed by atoms with Gasteiger partial charge in [-0.3, -0.25) is 4.79 Å². The van der Waals surface area contributed by atoms with Gasteiger partial charge in [0.2, 0.25) is 0 Å². The van der Waals surface area contributed by atoms with Crippen LogP contribution in [0.2, 0.25) is 0 Å². The lowest BCUT2D eigenvalue weighted by atomic mass is 10.0. The van der Waals surface area contributed by atoms with E-state index in [0.717, 1.165) is 74.8 Å². The Labute approximate surface area is 258 Å². The van der Waals surface area contributed by atoms with Crippen LogP contribution in [0.15, 0.2) is 24.7 Å². The summed E-state index contributed by atoms with van der Waals surface area (Å²) in [5.41, 5.74) is 4.57. The Kier molecular flexibility index (Phi) is 8.84. The predicted molar refractivity (Wildman–Crippen MR) is 167 cm³/mol. The molecule has 0 radical (unpaired) electrons. The van der Waals surface area contributed by atoms with Crippen molar-refractivity contribution in [3.05, 3.63) is 41.5 Å². The number of nitriles is 1. The molecule has 0 aromatic carbocycles. The first kappa shape index (κ1) is 30.1. The lowest BCUT2D eigenvalue weighted by Crippen LogP contribution is -2.55. The lowest BCUT2D eigenvalue weighted by Gasteiger charge is -2.41. The third kappa shape index (κ3) is 6.02. The number of likely N-dealkylation sites (tertiary alicyclic amines) is 1. The first-order valence-electron chi connectivity index (χ1n) is 15.8. The van der Waals surface area contributed by atoms with Gasteiger partial charge in [-0.1, -0.05) is 6.58 Å². The Balaban J connectivity index is 1.30. The molecule has 4 aliphatic rings. The van der Waals surface area contributed by atoms with Crippen molar-refractivity contribution in [2.45, 2.75) is 57.0 Å². The van der Waals surface area contributed by atoms with Gasteiger partial charge in [-0.2, -0.15) is 15.2 Å². The molecule has 2 fully saturated rings. The van der Waals surface area contributed by atoms with Crippen molar-refractivity contribution < 1.29 is 13.9 Å². The van der Waals surface area contributed by atoms with E-state index in [0.29, 0.717) is 44.6 Å². The van der Waals surface area contributed by atoms with Crippen molar-refractivity contribution in [2.75, 3.05) is 81.2 Å². The number of fused-ring (bicyclic) bond motifs is 2. The Morgan fingerprint density at radius 1 is 1.05 bits per heavy atom. The average Bonchev–Trinajstić information content (AvgIpc) is 3.31. The van der Waals surface area contributed by atoms with E-state index in [1.165, 1.54) is 16.2 Å². The summed E-state index contributed by atoms with van der Waals surface area (Å²) in [5, 5.41) is 9.54. The number of carbonyl (C=O) groups is 1. The number of hydrogen-bond acceptors (Lipinski definition) is 10. The van der Waals surface area contributed by atoms with Gasteiger partial charge in [-0.25, -0.2) is 9.37 Å². The van der Waals surface area contributed by atoms with Crippen LogP contribution in [-0.2, 0) is 24.1 Å². The second-order valence-electron chi connectivity index (χ2n) is 12.4. The highest BCUT2D eigenvalue weighted by atomic mass is 19.1. The number of amides is 1. The first-order chi connectivity index (χ1) is 21.3. The Hall–Kier alpha value is -3.98. The van der Waals surface area contributed by atoms with Gasteiger partial charge < -0.3 is 29.2 Å². The molecule has 44 heavy (non-hydrogen) atoms. The van der Waals surface area contributed by atoms with Crippen LogP contribution in [0.3, 0.4) is 0 Å². The van der Waals surface area contributed by atoms with Gasteiger partial charge in [0.25, 0.3) is 5.91 Å². The Morgan fingerprint density at radius 2 is 1.89 bits per heavy atom. The minimum absolute atomic E-state index is 0.0895. The summed E-state index contributed by atoms with van der Waals surface area (Å²) in [7, 11) is 4.26. The highest BCUT2D eigenvalue weighted by Gasteiger charge is 2.35. The molecule has 4 aliphatic heterocycles. The third-order valence-electron chi connectivity index (χ3n) is 9.59. The zero-order chi connectivity index (χ0) is 30.8. The summed E-state index contributed by atoms with van der Waals surface area (Å²) >= 11 is 0. The number of carbonyl (C=O) groups excluding carboxylic acids is 1. The molecule has 0 saturated carbocycles. The smallest absolute Gasteiger partial charge is 0.318 e. The zero-order valence-corrected chi connectivity index (χ0v) is 25.8. The second kappa shape index (κ2) is 12.9. The highest BCUT2D eigenvalue weighted by Crippen LogP contribution is 2.36. The maximum atomic E-state index is 13.8. The largest absolute Gasteiger partial charge is 0.462 e. The fraction of sp³-hybridized carbons (Fsp3) is 0.594. The Morgan fingerprint density at radius 3 is 2.66 bits per heavy atom. The van der Waals surface area contributed by atoms with E-state index in [1.54, 1.807) is 0 Å². The molecule has 0 unspecified atom stereocenters. The number of anilines is 3. The SMILES string of the molecule is C=C(F)C(=O)N1CCN(c2nc(OC[C@@H]3CCCN3C)nc3c2CCN(c2nccc4c2N(C)CCC4)CC3)C[C@@H]1CC#N. The van der Waals surface area contributed by atoms with Crippen LogP contribution in [0.4, 0.5) is 21.7 Å². The summed E-state index contributed by atoms with van der Waals surface area (Å²) in [5.74, 6) is 0.0315. The summed E-state index contributed by atoms with van der Waals surface area (Å²) in [6.07, 6.45) is 7.87.